The lowest BCUT2D eigenvalue weighted by Gasteiger charge is -2.15. The largest absolute Gasteiger partial charge is 0.312 e. The predicted molar refractivity (Wildman–Crippen MR) is 74.4 cm³/mol. The van der Waals surface area contributed by atoms with Gasteiger partial charge in [-0.25, -0.2) is 0 Å². The van der Waals surface area contributed by atoms with E-state index in [4.69, 9.17) is 0 Å². The lowest BCUT2D eigenvalue weighted by atomic mass is 10.0. The summed E-state index contributed by atoms with van der Waals surface area (Å²) in [6.45, 7) is 6.70. The van der Waals surface area contributed by atoms with E-state index in [0.29, 0.717) is 6.04 Å². The molecule has 2 heteroatoms. The van der Waals surface area contributed by atoms with Crippen LogP contribution >= 0.6 is 11.3 Å². The third-order valence-electron chi connectivity index (χ3n) is 3.09. The van der Waals surface area contributed by atoms with E-state index in [1.165, 1.54) is 47.4 Å². The van der Waals surface area contributed by atoms with Crippen molar-refractivity contribution in [2.24, 2.45) is 0 Å². The first-order chi connectivity index (χ1) is 7.69. The summed E-state index contributed by atoms with van der Waals surface area (Å²) in [5.41, 5.74) is 1.46. The fraction of sp³-hybridized carbons (Fsp3) is 0.714. The number of thiophene rings is 1. The van der Waals surface area contributed by atoms with E-state index >= 15 is 0 Å². The summed E-state index contributed by atoms with van der Waals surface area (Å²) in [6, 6.07) is 2.87. The van der Waals surface area contributed by atoms with Crippen LogP contribution in [0.4, 0.5) is 0 Å². The smallest absolute Gasteiger partial charge is 0.0415 e. The molecule has 1 N–H and O–H groups in total. The number of unbranched alkanes of at least 4 members (excludes halogenated alkanes) is 3. The van der Waals surface area contributed by atoms with Gasteiger partial charge in [0.1, 0.15) is 0 Å². The van der Waals surface area contributed by atoms with Gasteiger partial charge in [-0.15, -0.1) is 11.3 Å². The van der Waals surface area contributed by atoms with Crippen molar-refractivity contribution in [3.05, 3.63) is 21.4 Å². The number of hydrogen-bond acceptors (Lipinski definition) is 2. The van der Waals surface area contributed by atoms with Gasteiger partial charge < -0.3 is 5.32 Å². The maximum Gasteiger partial charge on any atom is 0.0415 e. The van der Waals surface area contributed by atoms with Crippen LogP contribution in [-0.2, 0) is 0 Å². The van der Waals surface area contributed by atoms with E-state index < -0.39 is 0 Å². The number of hydrogen-bond donors (Lipinski definition) is 1. The molecular formula is C14H25NS. The molecule has 16 heavy (non-hydrogen) atoms. The Labute approximate surface area is 104 Å². The molecule has 0 aliphatic carbocycles. The Hall–Kier alpha value is -0.340. The minimum Gasteiger partial charge on any atom is -0.312 e. The Morgan fingerprint density at radius 3 is 2.50 bits per heavy atom. The fourth-order valence-corrected chi connectivity index (χ4v) is 3.37. The first-order valence-electron chi connectivity index (χ1n) is 6.43. The van der Waals surface area contributed by atoms with Crippen molar-refractivity contribution in [3.63, 3.8) is 0 Å². The number of nitrogens with one attached hydrogen (secondary N) is 1. The summed E-state index contributed by atoms with van der Waals surface area (Å²) >= 11 is 1.95. The second kappa shape index (κ2) is 7.08. The molecule has 0 amide bonds. The molecule has 0 saturated carbocycles. The van der Waals surface area contributed by atoms with Crippen molar-refractivity contribution in [3.8, 4) is 0 Å². The van der Waals surface area contributed by atoms with Crippen LogP contribution in [0.3, 0.4) is 0 Å². The summed E-state index contributed by atoms with van der Waals surface area (Å²) in [5.74, 6) is 0. The quantitative estimate of drug-likeness (QED) is 0.686. The van der Waals surface area contributed by atoms with Crippen LogP contribution in [0.2, 0.25) is 0 Å². The third-order valence-corrected chi connectivity index (χ3v) is 4.36. The van der Waals surface area contributed by atoms with Gasteiger partial charge in [0.2, 0.25) is 0 Å². The van der Waals surface area contributed by atoms with Crippen LogP contribution in [0, 0.1) is 13.8 Å². The summed E-state index contributed by atoms with van der Waals surface area (Å²) in [4.78, 5) is 2.97. The summed E-state index contributed by atoms with van der Waals surface area (Å²) in [7, 11) is 2.08. The molecule has 0 fully saturated rings. The van der Waals surface area contributed by atoms with Gasteiger partial charge in [-0.3, -0.25) is 0 Å². The van der Waals surface area contributed by atoms with Gasteiger partial charge in [-0.05, 0) is 38.9 Å². The Kier molecular flexibility index (Phi) is 6.07. The first kappa shape index (κ1) is 13.7. The molecule has 1 nitrogen and oxygen atoms in total. The van der Waals surface area contributed by atoms with Gasteiger partial charge in [0.25, 0.3) is 0 Å². The van der Waals surface area contributed by atoms with Gasteiger partial charge >= 0.3 is 0 Å². The molecule has 1 aromatic heterocycles. The Morgan fingerprint density at radius 2 is 2.00 bits per heavy atom. The summed E-state index contributed by atoms with van der Waals surface area (Å²) in [5, 5.41) is 3.46. The fourth-order valence-electron chi connectivity index (χ4n) is 2.19. The molecule has 0 aromatic carbocycles. The standard InChI is InChI=1S/C14H25NS/c1-5-6-7-8-9-13(15-4)14-11(2)10-12(3)16-14/h10,13,15H,5-9H2,1-4H3. The molecule has 1 aromatic rings. The molecule has 0 aliphatic heterocycles. The predicted octanol–water partition coefficient (Wildman–Crippen LogP) is 4.60. The van der Waals surface area contributed by atoms with E-state index in [9.17, 15) is 0 Å². The zero-order chi connectivity index (χ0) is 12.0. The van der Waals surface area contributed by atoms with Crippen molar-refractivity contribution in [2.75, 3.05) is 7.05 Å². The van der Waals surface area contributed by atoms with Crippen molar-refractivity contribution < 1.29 is 0 Å². The number of rotatable bonds is 7. The summed E-state index contributed by atoms with van der Waals surface area (Å²) in [6.07, 6.45) is 6.69. The molecule has 1 atom stereocenters. The minimum absolute atomic E-state index is 0.565. The third kappa shape index (κ3) is 3.91. The highest BCUT2D eigenvalue weighted by atomic mass is 32.1. The van der Waals surface area contributed by atoms with Crippen molar-refractivity contribution in [1.29, 1.82) is 0 Å². The Bertz CT molecular complexity index is 304. The Balaban J connectivity index is 2.50. The molecule has 0 radical (unpaired) electrons. The van der Waals surface area contributed by atoms with Crippen LogP contribution in [0.1, 0.15) is 60.4 Å². The SMILES string of the molecule is CCCCCCC(NC)c1sc(C)cc1C. The second-order valence-electron chi connectivity index (χ2n) is 4.59. The highest BCUT2D eigenvalue weighted by molar-refractivity contribution is 7.12. The zero-order valence-electron chi connectivity index (χ0n) is 11.1. The van der Waals surface area contributed by atoms with E-state index in [2.05, 4.69) is 39.2 Å². The normalized spacial score (nSPS) is 13.0. The van der Waals surface area contributed by atoms with Gasteiger partial charge in [-0.1, -0.05) is 32.6 Å². The minimum atomic E-state index is 0.565. The average molecular weight is 239 g/mol. The highest BCUT2D eigenvalue weighted by Gasteiger charge is 2.13. The van der Waals surface area contributed by atoms with Crippen molar-refractivity contribution >= 4 is 11.3 Å². The van der Waals surface area contributed by atoms with Crippen LogP contribution in [0.15, 0.2) is 6.07 Å². The van der Waals surface area contributed by atoms with Gasteiger partial charge in [0.05, 0.1) is 0 Å². The first-order valence-corrected chi connectivity index (χ1v) is 7.24. The monoisotopic (exact) mass is 239 g/mol. The van der Waals surface area contributed by atoms with E-state index in [0.717, 1.165) is 0 Å². The molecule has 0 aliphatic rings. The summed E-state index contributed by atoms with van der Waals surface area (Å²) < 4.78 is 0. The van der Waals surface area contributed by atoms with E-state index in [1.54, 1.807) is 0 Å². The van der Waals surface area contributed by atoms with E-state index in [-0.39, 0.29) is 0 Å². The average Bonchev–Trinajstić information content (AvgIpc) is 2.58. The van der Waals surface area contributed by atoms with Gasteiger partial charge in [-0.2, -0.15) is 0 Å². The Morgan fingerprint density at radius 1 is 1.25 bits per heavy atom. The topological polar surface area (TPSA) is 12.0 Å². The van der Waals surface area contributed by atoms with Crippen molar-refractivity contribution in [2.45, 2.75) is 58.9 Å². The molecule has 1 unspecified atom stereocenters. The highest BCUT2D eigenvalue weighted by Crippen LogP contribution is 2.30. The van der Waals surface area contributed by atoms with Gasteiger partial charge in [0, 0.05) is 15.8 Å². The second-order valence-corrected chi connectivity index (χ2v) is 5.88. The maximum absolute atomic E-state index is 3.46. The maximum atomic E-state index is 3.46. The molecule has 1 heterocycles. The van der Waals surface area contributed by atoms with Crippen molar-refractivity contribution in [1.82, 2.24) is 5.32 Å². The van der Waals surface area contributed by atoms with E-state index in [1.807, 2.05) is 11.3 Å². The van der Waals surface area contributed by atoms with Crippen LogP contribution in [0.25, 0.3) is 0 Å². The molecule has 0 bridgehead atoms. The van der Waals surface area contributed by atoms with Crippen LogP contribution in [-0.4, -0.2) is 7.05 Å². The lowest BCUT2D eigenvalue weighted by Crippen LogP contribution is -2.15. The number of aryl methyl sites for hydroxylation is 2. The molecule has 1 rings (SSSR count). The molecule has 0 spiro atoms. The zero-order valence-corrected chi connectivity index (χ0v) is 11.9. The lowest BCUT2D eigenvalue weighted by molar-refractivity contribution is 0.510. The van der Waals surface area contributed by atoms with Gasteiger partial charge in [0.15, 0.2) is 0 Å². The molecule has 92 valence electrons. The molecular weight excluding hydrogens is 214 g/mol. The van der Waals surface area contributed by atoms with Crippen LogP contribution in [0.5, 0.6) is 0 Å². The molecule has 0 saturated heterocycles. The van der Waals surface area contributed by atoms with Crippen LogP contribution < -0.4 is 5.32 Å².